The lowest BCUT2D eigenvalue weighted by atomic mass is 10.4. The largest absolute Gasteiger partial charge is 0.309 e. The molecule has 50 valence electrons. The van der Waals surface area contributed by atoms with Gasteiger partial charge < -0.3 is 4.57 Å². The number of halogens is 2. The summed E-state index contributed by atoms with van der Waals surface area (Å²) in [5, 5.41) is 0. The van der Waals surface area contributed by atoms with Crippen molar-refractivity contribution in [2.75, 3.05) is 7.05 Å². The Labute approximate surface area is 61.7 Å². The molecule has 0 unspecified atom stereocenters. The van der Waals surface area contributed by atoms with Gasteiger partial charge in [0.2, 0.25) is 0 Å². The van der Waals surface area contributed by atoms with Crippen molar-refractivity contribution in [2.45, 2.75) is 19.9 Å². The van der Waals surface area contributed by atoms with E-state index in [0.29, 0.717) is 6.04 Å². The second kappa shape index (κ2) is 3.72. The Morgan fingerprint density at radius 1 is 1.38 bits per heavy atom. The molecule has 0 bridgehead atoms. The molecular weight excluding hydrogens is 161 g/mol. The van der Waals surface area contributed by atoms with Gasteiger partial charge in [-0.25, -0.2) is 0 Å². The van der Waals surface area contributed by atoms with Crippen molar-refractivity contribution in [3.63, 3.8) is 0 Å². The third-order valence-corrected chi connectivity index (χ3v) is 4.18. The molecule has 4 heteroatoms. The van der Waals surface area contributed by atoms with Crippen molar-refractivity contribution in [1.82, 2.24) is 4.57 Å². The molecule has 0 aliphatic carbocycles. The molecular formula is C4H11Cl2NSi. The molecule has 0 aromatic heterocycles. The second-order valence-electron chi connectivity index (χ2n) is 2.04. The van der Waals surface area contributed by atoms with Gasteiger partial charge in [0, 0.05) is 0 Å². The topological polar surface area (TPSA) is 3.24 Å². The fourth-order valence-electron chi connectivity index (χ4n) is 0.225. The molecule has 0 amide bonds. The van der Waals surface area contributed by atoms with E-state index in [9.17, 15) is 0 Å². The van der Waals surface area contributed by atoms with Gasteiger partial charge in [-0.05, 0) is 13.1 Å². The lowest BCUT2D eigenvalue weighted by Crippen LogP contribution is -2.33. The maximum absolute atomic E-state index is 5.65. The predicted molar refractivity (Wildman–Crippen MR) is 41.8 cm³/mol. The van der Waals surface area contributed by atoms with Gasteiger partial charge in [-0.3, -0.25) is 0 Å². The molecule has 0 N–H and O–H groups in total. The molecule has 0 rings (SSSR count). The maximum atomic E-state index is 5.65. The van der Waals surface area contributed by atoms with Crippen LogP contribution in [0.15, 0.2) is 0 Å². The van der Waals surface area contributed by atoms with Crippen LogP contribution in [0.4, 0.5) is 0 Å². The molecule has 0 aromatic carbocycles. The van der Waals surface area contributed by atoms with Crippen LogP contribution in [-0.4, -0.2) is 25.2 Å². The molecule has 0 aliphatic heterocycles. The molecule has 0 saturated carbocycles. The minimum atomic E-state index is -1.54. The highest BCUT2D eigenvalue weighted by molar-refractivity contribution is 7.32. The molecule has 0 radical (unpaired) electrons. The smallest absolute Gasteiger partial charge is 0.303 e. The highest BCUT2D eigenvalue weighted by Crippen LogP contribution is 2.04. The Hall–Kier alpha value is 0.757. The fraction of sp³-hybridized carbons (Fsp3) is 1.00. The van der Waals surface area contributed by atoms with Gasteiger partial charge in [0.15, 0.2) is 0 Å². The van der Waals surface area contributed by atoms with Crippen LogP contribution in [0.25, 0.3) is 0 Å². The van der Waals surface area contributed by atoms with Crippen molar-refractivity contribution in [1.29, 1.82) is 0 Å². The molecule has 0 spiro atoms. The predicted octanol–water partition coefficient (Wildman–Crippen LogP) is 1.52. The molecule has 1 nitrogen and oxygen atoms in total. The van der Waals surface area contributed by atoms with Crippen LogP contribution < -0.4 is 0 Å². The monoisotopic (exact) mass is 171 g/mol. The lowest BCUT2D eigenvalue weighted by Gasteiger charge is -2.20. The third-order valence-electron chi connectivity index (χ3n) is 1.12. The van der Waals surface area contributed by atoms with Crippen LogP contribution in [0, 0.1) is 0 Å². The summed E-state index contributed by atoms with van der Waals surface area (Å²) in [5.74, 6) is 0. The molecule has 0 saturated heterocycles. The van der Waals surface area contributed by atoms with Gasteiger partial charge in [-0.2, -0.15) is 0 Å². The standard InChI is InChI=1S/C4H11Cl2NSi/c1-4(2)7(3)8(5)6/h4,8H,1-3H3. The van der Waals surface area contributed by atoms with Crippen molar-refractivity contribution in [3.8, 4) is 0 Å². The van der Waals surface area contributed by atoms with E-state index < -0.39 is 7.58 Å². The summed E-state index contributed by atoms with van der Waals surface area (Å²) in [4.78, 5) is 0. The third kappa shape index (κ3) is 2.92. The van der Waals surface area contributed by atoms with E-state index in [2.05, 4.69) is 13.8 Å². The van der Waals surface area contributed by atoms with Crippen LogP contribution in [0.2, 0.25) is 0 Å². The van der Waals surface area contributed by atoms with E-state index in [0.717, 1.165) is 0 Å². The summed E-state index contributed by atoms with van der Waals surface area (Å²) in [6.07, 6.45) is 0. The highest BCUT2D eigenvalue weighted by Gasteiger charge is 2.11. The Morgan fingerprint density at radius 3 is 1.75 bits per heavy atom. The first-order chi connectivity index (χ1) is 3.55. The molecule has 0 heterocycles. The van der Waals surface area contributed by atoms with Crippen molar-refractivity contribution in [2.24, 2.45) is 0 Å². The minimum absolute atomic E-state index is 0.474. The highest BCUT2D eigenvalue weighted by atomic mass is 35.7. The normalized spacial score (nSPS) is 12.0. The van der Waals surface area contributed by atoms with Crippen LogP contribution >= 0.6 is 22.2 Å². The summed E-state index contributed by atoms with van der Waals surface area (Å²) in [7, 11) is 0.401. The number of hydrogen-bond donors (Lipinski definition) is 0. The van der Waals surface area contributed by atoms with Gasteiger partial charge in [0.25, 0.3) is 0 Å². The summed E-state index contributed by atoms with van der Waals surface area (Å²) >= 11 is 11.3. The van der Waals surface area contributed by atoms with Crippen LogP contribution in [0.3, 0.4) is 0 Å². The van der Waals surface area contributed by atoms with Crippen LogP contribution in [0.5, 0.6) is 0 Å². The molecule has 0 aliphatic rings. The van der Waals surface area contributed by atoms with E-state index >= 15 is 0 Å². The Balaban J connectivity index is 3.46. The van der Waals surface area contributed by atoms with E-state index in [1.54, 1.807) is 0 Å². The first-order valence-corrected chi connectivity index (χ1v) is 6.56. The molecule has 0 atom stereocenters. The van der Waals surface area contributed by atoms with Gasteiger partial charge in [-0.15, -0.1) is 22.2 Å². The van der Waals surface area contributed by atoms with Crippen molar-refractivity contribution >= 4 is 29.7 Å². The SMILES string of the molecule is CC(C)N(C)[SiH](Cl)Cl. The quantitative estimate of drug-likeness (QED) is 0.451. The summed E-state index contributed by atoms with van der Waals surface area (Å²) in [5.41, 5.74) is 0. The summed E-state index contributed by atoms with van der Waals surface area (Å²) in [6, 6.07) is 0.474. The van der Waals surface area contributed by atoms with Crippen LogP contribution in [-0.2, 0) is 0 Å². The molecule has 0 aromatic rings. The fourth-order valence-corrected chi connectivity index (χ4v) is 2.03. The summed E-state index contributed by atoms with van der Waals surface area (Å²) < 4.78 is 2.00. The molecule has 0 fully saturated rings. The van der Waals surface area contributed by atoms with E-state index in [1.807, 2.05) is 11.6 Å². The average molecular weight is 172 g/mol. The first kappa shape index (κ1) is 8.76. The average Bonchev–Trinajstić information content (AvgIpc) is 1.64. The zero-order valence-electron chi connectivity index (χ0n) is 5.36. The van der Waals surface area contributed by atoms with E-state index in [4.69, 9.17) is 22.2 Å². The lowest BCUT2D eigenvalue weighted by molar-refractivity contribution is 0.445. The number of hydrogen-bond acceptors (Lipinski definition) is 1. The van der Waals surface area contributed by atoms with E-state index in [1.165, 1.54) is 0 Å². The Kier molecular flexibility index (Phi) is 4.07. The number of nitrogens with zero attached hydrogens (tertiary/aromatic N) is 1. The molecule has 8 heavy (non-hydrogen) atoms. The zero-order valence-corrected chi connectivity index (χ0v) is 8.02. The van der Waals surface area contributed by atoms with E-state index in [-0.39, 0.29) is 0 Å². The van der Waals surface area contributed by atoms with Crippen molar-refractivity contribution in [3.05, 3.63) is 0 Å². The van der Waals surface area contributed by atoms with Gasteiger partial charge >= 0.3 is 7.58 Å². The first-order valence-electron chi connectivity index (χ1n) is 2.55. The maximum Gasteiger partial charge on any atom is 0.309 e. The zero-order chi connectivity index (χ0) is 6.73. The van der Waals surface area contributed by atoms with Crippen LogP contribution in [0.1, 0.15) is 13.8 Å². The van der Waals surface area contributed by atoms with Gasteiger partial charge in [-0.1, -0.05) is 13.8 Å². The Morgan fingerprint density at radius 2 is 1.75 bits per heavy atom. The Bertz CT molecular complexity index is 59.1. The van der Waals surface area contributed by atoms with Gasteiger partial charge in [0.1, 0.15) is 0 Å². The summed E-state index contributed by atoms with van der Waals surface area (Å²) in [6.45, 7) is 4.15. The minimum Gasteiger partial charge on any atom is -0.303 e. The second-order valence-corrected chi connectivity index (χ2v) is 6.56. The van der Waals surface area contributed by atoms with Crippen molar-refractivity contribution < 1.29 is 0 Å². The van der Waals surface area contributed by atoms with Gasteiger partial charge in [0.05, 0.1) is 0 Å². The number of rotatable bonds is 2.